The highest BCUT2D eigenvalue weighted by Gasteiger charge is 2.21. The molecule has 0 bridgehead atoms. The lowest BCUT2D eigenvalue weighted by molar-refractivity contribution is 0.439. The third-order valence-electron chi connectivity index (χ3n) is 3.57. The van der Waals surface area contributed by atoms with Crippen molar-refractivity contribution in [1.82, 2.24) is 20.5 Å². The largest absolute Gasteiger partial charge is 0.339 e. The highest BCUT2D eigenvalue weighted by molar-refractivity contribution is 9.12. The van der Waals surface area contributed by atoms with Gasteiger partial charge in [-0.3, -0.25) is 5.10 Å². The number of rotatable bonds is 3. The second-order valence-electron chi connectivity index (χ2n) is 4.77. The van der Waals surface area contributed by atoms with E-state index in [1.165, 1.54) is 0 Å². The van der Waals surface area contributed by atoms with E-state index in [0.29, 0.717) is 6.04 Å². The van der Waals surface area contributed by atoms with E-state index in [1.54, 1.807) is 11.3 Å². The molecule has 3 rings (SSSR count). The number of aromatic nitrogens is 3. The molecule has 2 N–H and O–H groups in total. The first kappa shape index (κ1) is 14.5. The molecule has 0 saturated carbocycles. The second kappa shape index (κ2) is 6.13. The summed E-state index contributed by atoms with van der Waals surface area (Å²) < 4.78 is 2.13. The van der Waals surface area contributed by atoms with Crippen LogP contribution in [-0.4, -0.2) is 41.4 Å². The molecule has 1 saturated heterocycles. The van der Waals surface area contributed by atoms with Crippen molar-refractivity contribution in [3.63, 3.8) is 0 Å². The van der Waals surface area contributed by atoms with E-state index in [1.807, 2.05) is 13.1 Å². The van der Waals surface area contributed by atoms with Gasteiger partial charge in [0.25, 0.3) is 0 Å². The summed E-state index contributed by atoms with van der Waals surface area (Å²) >= 11 is 8.68. The van der Waals surface area contributed by atoms with Gasteiger partial charge in [-0.1, -0.05) is 0 Å². The molecule has 108 valence electrons. The molecule has 0 aromatic carbocycles. The Bertz CT molecular complexity index is 588. The molecule has 1 aliphatic rings. The molecular formula is C12H15Br2N5S. The van der Waals surface area contributed by atoms with Crippen LogP contribution in [0.4, 0.5) is 5.95 Å². The Morgan fingerprint density at radius 3 is 2.75 bits per heavy atom. The number of anilines is 1. The minimum atomic E-state index is 0.617. The highest BCUT2D eigenvalue weighted by Crippen LogP contribution is 2.37. The maximum Gasteiger partial charge on any atom is 0.245 e. The van der Waals surface area contributed by atoms with Crippen LogP contribution < -0.4 is 10.2 Å². The Labute approximate surface area is 138 Å². The van der Waals surface area contributed by atoms with Crippen LogP contribution >= 0.6 is 43.2 Å². The van der Waals surface area contributed by atoms with Crippen molar-refractivity contribution in [3.8, 4) is 11.4 Å². The van der Waals surface area contributed by atoms with Crippen molar-refractivity contribution in [2.24, 2.45) is 0 Å². The van der Waals surface area contributed by atoms with Crippen LogP contribution in [0.1, 0.15) is 12.8 Å². The Hall–Kier alpha value is -0.440. The summed E-state index contributed by atoms with van der Waals surface area (Å²) in [6.45, 7) is 1.99. The van der Waals surface area contributed by atoms with Crippen molar-refractivity contribution in [3.05, 3.63) is 13.6 Å². The lowest BCUT2D eigenvalue weighted by atomic mass is 10.1. The highest BCUT2D eigenvalue weighted by atomic mass is 79.9. The van der Waals surface area contributed by atoms with E-state index in [2.05, 4.69) is 57.3 Å². The Kier molecular flexibility index (Phi) is 4.44. The minimum Gasteiger partial charge on any atom is -0.339 e. The number of nitrogens with one attached hydrogen (secondary N) is 2. The van der Waals surface area contributed by atoms with E-state index in [9.17, 15) is 0 Å². The first-order valence-electron chi connectivity index (χ1n) is 6.47. The molecule has 3 heterocycles. The zero-order chi connectivity index (χ0) is 14.1. The lowest BCUT2D eigenvalue weighted by Gasteiger charge is -2.30. The van der Waals surface area contributed by atoms with Gasteiger partial charge >= 0.3 is 0 Å². The van der Waals surface area contributed by atoms with Gasteiger partial charge in [0.2, 0.25) is 5.95 Å². The van der Waals surface area contributed by atoms with Crippen LogP contribution in [0.15, 0.2) is 13.6 Å². The Morgan fingerprint density at radius 1 is 1.40 bits per heavy atom. The standard InChI is InChI=1S/C12H15Br2N5S/c1-15-7-2-4-19(5-3-7)12-16-11(17-18-12)8-6-9(13)20-10(8)14/h6-7,15H,2-5H2,1H3,(H,16,17,18). The normalized spacial score (nSPS) is 16.9. The van der Waals surface area contributed by atoms with Gasteiger partial charge < -0.3 is 10.2 Å². The third kappa shape index (κ3) is 2.93. The zero-order valence-electron chi connectivity index (χ0n) is 11.0. The smallest absolute Gasteiger partial charge is 0.245 e. The van der Waals surface area contributed by atoms with E-state index < -0.39 is 0 Å². The number of aromatic amines is 1. The van der Waals surface area contributed by atoms with Gasteiger partial charge in [0.05, 0.1) is 7.57 Å². The van der Waals surface area contributed by atoms with Crippen molar-refractivity contribution < 1.29 is 0 Å². The van der Waals surface area contributed by atoms with Gasteiger partial charge in [0.15, 0.2) is 5.82 Å². The molecular weight excluding hydrogens is 406 g/mol. The van der Waals surface area contributed by atoms with E-state index in [0.717, 1.165) is 50.8 Å². The van der Waals surface area contributed by atoms with Gasteiger partial charge in [-0.2, -0.15) is 4.98 Å². The molecule has 2 aromatic rings. The summed E-state index contributed by atoms with van der Waals surface area (Å²) in [4.78, 5) is 6.86. The Balaban J connectivity index is 1.76. The predicted molar refractivity (Wildman–Crippen MR) is 89.4 cm³/mol. The average molecular weight is 421 g/mol. The van der Waals surface area contributed by atoms with Crippen molar-refractivity contribution >= 4 is 49.1 Å². The third-order valence-corrected chi connectivity index (χ3v) is 5.91. The summed E-state index contributed by atoms with van der Waals surface area (Å²) in [6.07, 6.45) is 2.27. The molecule has 0 spiro atoms. The van der Waals surface area contributed by atoms with E-state index in [4.69, 9.17) is 0 Å². The van der Waals surface area contributed by atoms with Crippen LogP contribution in [0.3, 0.4) is 0 Å². The lowest BCUT2D eigenvalue weighted by Crippen LogP contribution is -2.41. The Morgan fingerprint density at radius 2 is 2.15 bits per heavy atom. The summed E-state index contributed by atoms with van der Waals surface area (Å²) in [7, 11) is 2.02. The van der Waals surface area contributed by atoms with Crippen molar-refractivity contribution in [2.75, 3.05) is 25.0 Å². The number of piperidine rings is 1. The number of halogens is 2. The molecule has 0 radical (unpaired) electrons. The SMILES string of the molecule is CNC1CCN(c2n[nH]c(-c3cc(Br)sc3Br)n2)CC1. The first-order valence-corrected chi connectivity index (χ1v) is 8.87. The molecule has 1 aliphatic heterocycles. The van der Waals surface area contributed by atoms with Crippen LogP contribution in [0.25, 0.3) is 11.4 Å². The summed E-state index contributed by atoms with van der Waals surface area (Å²) in [5.41, 5.74) is 1.05. The number of hydrogen-bond donors (Lipinski definition) is 2. The molecule has 0 atom stereocenters. The van der Waals surface area contributed by atoms with Crippen LogP contribution in [0.2, 0.25) is 0 Å². The van der Waals surface area contributed by atoms with Crippen molar-refractivity contribution in [1.29, 1.82) is 0 Å². The molecule has 1 fully saturated rings. The van der Waals surface area contributed by atoms with E-state index >= 15 is 0 Å². The fourth-order valence-corrected chi connectivity index (χ4v) is 5.19. The van der Waals surface area contributed by atoms with Crippen molar-refractivity contribution in [2.45, 2.75) is 18.9 Å². The molecule has 0 amide bonds. The van der Waals surface area contributed by atoms with Crippen LogP contribution in [0, 0.1) is 0 Å². The number of thiophene rings is 1. The van der Waals surface area contributed by atoms with Gasteiger partial charge in [-0.15, -0.1) is 16.4 Å². The zero-order valence-corrected chi connectivity index (χ0v) is 15.0. The topological polar surface area (TPSA) is 56.8 Å². The van der Waals surface area contributed by atoms with Gasteiger partial charge in [-0.05, 0) is 57.8 Å². The first-order chi connectivity index (χ1) is 9.67. The molecule has 0 unspecified atom stereocenters. The molecule has 5 nitrogen and oxygen atoms in total. The maximum absolute atomic E-state index is 4.62. The summed E-state index contributed by atoms with van der Waals surface area (Å²) in [5.74, 6) is 1.60. The fraction of sp³-hybridized carbons (Fsp3) is 0.500. The second-order valence-corrected chi connectivity index (χ2v) is 8.52. The van der Waals surface area contributed by atoms with Gasteiger partial charge in [0.1, 0.15) is 0 Å². The predicted octanol–water partition coefficient (Wildman–Crippen LogP) is 3.25. The number of hydrogen-bond acceptors (Lipinski definition) is 5. The van der Waals surface area contributed by atoms with Gasteiger partial charge in [0, 0.05) is 24.7 Å². The number of nitrogens with zero attached hydrogens (tertiary/aromatic N) is 3. The molecule has 2 aromatic heterocycles. The fourth-order valence-electron chi connectivity index (χ4n) is 2.38. The summed E-state index contributed by atoms with van der Waals surface area (Å²) in [5, 5.41) is 10.7. The average Bonchev–Trinajstić information content (AvgIpc) is 3.05. The quantitative estimate of drug-likeness (QED) is 0.800. The molecule has 20 heavy (non-hydrogen) atoms. The van der Waals surface area contributed by atoms with Crippen LogP contribution in [-0.2, 0) is 0 Å². The molecule has 8 heteroatoms. The molecule has 0 aliphatic carbocycles. The van der Waals surface area contributed by atoms with Gasteiger partial charge in [-0.25, -0.2) is 0 Å². The maximum atomic E-state index is 4.62. The minimum absolute atomic E-state index is 0.617. The monoisotopic (exact) mass is 419 g/mol. The van der Waals surface area contributed by atoms with E-state index in [-0.39, 0.29) is 0 Å². The summed E-state index contributed by atoms with van der Waals surface area (Å²) in [6, 6.07) is 2.67. The number of H-pyrrole nitrogens is 1. The van der Waals surface area contributed by atoms with Crippen LogP contribution in [0.5, 0.6) is 0 Å².